The van der Waals surface area contributed by atoms with Crippen LogP contribution in [0.4, 0.5) is 4.79 Å². The number of piperidine rings is 1. The summed E-state index contributed by atoms with van der Waals surface area (Å²) in [5.41, 5.74) is 2.78. The number of carbonyl (C=O) groups excluding carboxylic acids is 3. The summed E-state index contributed by atoms with van der Waals surface area (Å²) >= 11 is 0. The minimum atomic E-state index is -0.971. The Balaban J connectivity index is 1.16. The number of likely N-dealkylation sites (tertiary alicyclic amines) is 1. The highest BCUT2D eigenvalue weighted by Gasteiger charge is 2.52. The first-order valence-corrected chi connectivity index (χ1v) is 12.7. The summed E-state index contributed by atoms with van der Waals surface area (Å²) in [6.07, 6.45) is 4.59. The van der Waals surface area contributed by atoms with Crippen LogP contribution in [0.2, 0.25) is 0 Å². The zero-order chi connectivity index (χ0) is 25.7. The molecule has 1 unspecified atom stereocenters. The lowest BCUT2D eigenvalue weighted by atomic mass is 9.78. The highest BCUT2D eigenvalue weighted by atomic mass is 16.2. The van der Waals surface area contributed by atoms with E-state index in [-0.39, 0.29) is 30.3 Å². The van der Waals surface area contributed by atoms with Gasteiger partial charge in [-0.1, -0.05) is 18.2 Å². The third kappa shape index (κ3) is 3.75. The smallest absolute Gasteiger partial charge is 0.325 e. The van der Waals surface area contributed by atoms with Gasteiger partial charge in [-0.3, -0.25) is 19.5 Å². The number of amides is 4. The monoisotopic (exact) mass is 495 g/mol. The van der Waals surface area contributed by atoms with Crippen molar-refractivity contribution in [3.05, 3.63) is 78.1 Å². The van der Waals surface area contributed by atoms with Crippen LogP contribution in [0.5, 0.6) is 0 Å². The van der Waals surface area contributed by atoms with E-state index in [1.54, 1.807) is 24.5 Å². The Morgan fingerprint density at radius 1 is 1.00 bits per heavy atom. The number of rotatable bonds is 4. The van der Waals surface area contributed by atoms with Crippen molar-refractivity contribution in [1.29, 1.82) is 0 Å². The molecule has 1 N–H and O–H groups in total. The van der Waals surface area contributed by atoms with Crippen molar-refractivity contribution in [2.75, 3.05) is 13.1 Å². The van der Waals surface area contributed by atoms with E-state index in [9.17, 15) is 14.4 Å². The van der Waals surface area contributed by atoms with Crippen LogP contribution in [0.3, 0.4) is 0 Å². The molecule has 37 heavy (non-hydrogen) atoms. The number of hydrogen-bond donors (Lipinski definition) is 1. The lowest BCUT2D eigenvalue weighted by Gasteiger charge is -2.39. The van der Waals surface area contributed by atoms with Crippen molar-refractivity contribution in [1.82, 2.24) is 24.7 Å². The first-order chi connectivity index (χ1) is 17.9. The van der Waals surface area contributed by atoms with Gasteiger partial charge >= 0.3 is 6.03 Å². The standard InChI is InChI=1S/C29H29N5O3/c1-29(27(36)34(28(37)31-29)18-19-9-13-30-14-10-19)21-11-15-33(16-12-21)26(35)20-7-8-25-23(17-20)22-5-3-4-6-24(22)32(25)2/h3-10,13-14,17,21H,11-12,15-16,18H2,1-2H3,(H,31,37). The summed E-state index contributed by atoms with van der Waals surface area (Å²) in [5, 5.41) is 5.15. The van der Waals surface area contributed by atoms with Crippen LogP contribution in [-0.2, 0) is 18.4 Å². The summed E-state index contributed by atoms with van der Waals surface area (Å²) in [5.74, 6) is -0.254. The maximum atomic E-state index is 13.4. The second-order valence-electron chi connectivity index (χ2n) is 10.3. The van der Waals surface area contributed by atoms with E-state index in [2.05, 4.69) is 27.0 Å². The van der Waals surface area contributed by atoms with Crippen molar-refractivity contribution in [3.63, 3.8) is 0 Å². The van der Waals surface area contributed by atoms with Crippen LogP contribution >= 0.6 is 0 Å². The number of aryl methyl sites for hydroxylation is 1. The zero-order valence-electron chi connectivity index (χ0n) is 21.0. The predicted molar refractivity (Wildman–Crippen MR) is 141 cm³/mol. The molecule has 2 fully saturated rings. The highest BCUT2D eigenvalue weighted by Crippen LogP contribution is 2.35. The van der Waals surface area contributed by atoms with Crippen LogP contribution in [0.15, 0.2) is 67.0 Å². The van der Waals surface area contributed by atoms with E-state index in [0.717, 1.165) is 27.4 Å². The average Bonchev–Trinajstić information content (AvgIpc) is 3.34. The van der Waals surface area contributed by atoms with Gasteiger partial charge in [-0.2, -0.15) is 0 Å². The third-order valence-corrected chi connectivity index (χ3v) is 8.15. The molecule has 4 aromatic rings. The number of imide groups is 1. The molecule has 0 saturated carbocycles. The van der Waals surface area contributed by atoms with E-state index in [4.69, 9.17) is 0 Å². The van der Waals surface area contributed by atoms with Crippen molar-refractivity contribution in [2.45, 2.75) is 31.8 Å². The molecular formula is C29H29N5O3. The second-order valence-corrected chi connectivity index (χ2v) is 10.3. The highest BCUT2D eigenvalue weighted by molar-refractivity contribution is 6.10. The van der Waals surface area contributed by atoms with Gasteiger partial charge in [0.2, 0.25) is 0 Å². The summed E-state index contributed by atoms with van der Waals surface area (Å²) in [4.78, 5) is 46.7. The molecule has 0 radical (unpaired) electrons. The molecule has 6 rings (SSSR count). The second kappa shape index (κ2) is 8.73. The summed E-state index contributed by atoms with van der Waals surface area (Å²) in [6.45, 7) is 3.12. The molecule has 2 aromatic carbocycles. The molecule has 0 bridgehead atoms. The molecule has 4 amide bonds. The van der Waals surface area contributed by atoms with Crippen LogP contribution in [0.25, 0.3) is 21.8 Å². The van der Waals surface area contributed by atoms with Crippen LogP contribution in [0, 0.1) is 5.92 Å². The molecule has 2 aliphatic rings. The average molecular weight is 496 g/mol. The van der Waals surface area contributed by atoms with Gasteiger partial charge in [0, 0.05) is 59.9 Å². The maximum absolute atomic E-state index is 13.4. The first-order valence-electron chi connectivity index (χ1n) is 12.7. The quantitative estimate of drug-likeness (QED) is 0.432. The topological polar surface area (TPSA) is 87.5 Å². The zero-order valence-corrected chi connectivity index (χ0v) is 21.0. The first kappa shape index (κ1) is 23.2. The number of carbonyl (C=O) groups is 3. The maximum Gasteiger partial charge on any atom is 0.325 e. The van der Waals surface area contributed by atoms with Crippen LogP contribution < -0.4 is 5.32 Å². The molecule has 2 aliphatic heterocycles. The Kier molecular flexibility index (Phi) is 5.47. The minimum Gasteiger partial charge on any atom is -0.344 e. The van der Waals surface area contributed by atoms with Gasteiger partial charge in [0.25, 0.3) is 11.8 Å². The number of fused-ring (bicyclic) bond motifs is 3. The fraction of sp³-hybridized carbons (Fsp3) is 0.310. The summed E-state index contributed by atoms with van der Waals surface area (Å²) < 4.78 is 2.15. The number of nitrogens with zero attached hydrogens (tertiary/aromatic N) is 4. The molecule has 0 aliphatic carbocycles. The summed E-state index contributed by atoms with van der Waals surface area (Å²) in [6, 6.07) is 17.3. The lowest BCUT2D eigenvalue weighted by molar-refractivity contribution is -0.133. The van der Waals surface area contributed by atoms with Gasteiger partial charge in [-0.15, -0.1) is 0 Å². The normalized spacial score (nSPS) is 20.7. The molecule has 0 spiro atoms. The molecule has 1 atom stereocenters. The Labute approximate surface area is 214 Å². The van der Waals surface area contributed by atoms with Crippen molar-refractivity contribution < 1.29 is 14.4 Å². The molecular weight excluding hydrogens is 466 g/mol. The number of para-hydroxylation sites is 1. The van der Waals surface area contributed by atoms with Gasteiger partial charge in [0.05, 0.1) is 6.54 Å². The van der Waals surface area contributed by atoms with E-state index in [1.165, 1.54) is 4.90 Å². The van der Waals surface area contributed by atoms with Gasteiger partial charge in [-0.25, -0.2) is 4.79 Å². The van der Waals surface area contributed by atoms with Crippen molar-refractivity contribution >= 4 is 39.7 Å². The fourth-order valence-electron chi connectivity index (χ4n) is 5.95. The largest absolute Gasteiger partial charge is 0.344 e. The van der Waals surface area contributed by atoms with Crippen LogP contribution in [0.1, 0.15) is 35.7 Å². The van der Waals surface area contributed by atoms with Gasteiger partial charge in [0.15, 0.2) is 0 Å². The van der Waals surface area contributed by atoms with E-state index in [1.807, 2.05) is 49.2 Å². The van der Waals surface area contributed by atoms with Crippen molar-refractivity contribution in [2.24, 2.45) is 13.0 Å². The third-order valence-electron chi connectivity index (χ3n) is 8.15. The van der Waals surface area contributed by atoms with Gasteiger partial charge in [0.1, 0.15) is 5.54 Å². The predicted octanol–water partition coefficient (Wildman–Crippen LogP) is 4.09. The Bertz CT molecular complexity index is 1540. The molecule has 2 saturated heterocycles. The van der Waals surface area contributed by atoms with Gasteiger partial charge < -0.3 is 14.8 Å². The lowest BCUT2D eigenvalue weighted by Crippen LogP contribution is -2.54. The molecule has 2 aromatic heterocycles. The van der Waals surface area contributed by atoms with E-state index >= 15 is 0 Å². The Morgan fingerprint density at radius 2 is 1.70 bits per heavy atom. The number of benzene rings is 2. The molecule has 4 heterocycles. The number of hydrogen-bond acceptors (Lipinski definition) is 4. The number of nitrogens with one attached hydrogen (secondary N) is 1. The number of pyridine rings is 1. The minimum absolute atomic E-state index is 0.000431. The van der Waals surface area contributed by atoms with E-state index in [0.29, 0.717) is 31.5 Å². The molecule has 8 heteroatoms. The molecule has 188 valence electrons. The Morgan fingerprint density at radius 3 is 2.46 bits per heavy atom. The number of aromatic nitrogens is 2. The summed E-state index contributed by atoms with van der Waals surface area (Å²) in [7, 11) is 2.04. The van der Waals surface area contributed by atoms with Crippen LogP contribution in [-0.4, -0.2) is 55.8 Å². The fourth-order valence-corrected chi connectivity index (χ4v) is 5.95. The van der Waals surface area contributed by atoms with Gasteiger partial charge in [-0.05, 0) is 67.6 Å². The van der Waals surface area contributed by atoms with E-state index < -0.39 is 5.54 Å². The van der Waals surface area contributed by atoms with Crippen molar-refractivity contribution in [3.8, 4) is 0 Å². The number of urea groups is 1. The Hall–Kier alpha value is -4.20. The molecule has 8 nitrogen and oxygen atoms in total. The SMILES string of the molecule is Cn1c2ccccc2c2cc(C(=O)N3CCC(C4(C)NC(=O)N(Cc5ccncc5)C4=O)CC3)ccc21.